The second-order valence-corrected chi connectivity index (χ2v) is 12.0. The maximum atomic E-state index is 11.5. The number of benzene rings is 2. The summed E-state index contributed by atoms with van der Waals surface area (Å²) in [6.07, 6.45) is 4.85. The lowest BCUT2D eigenvalue weighted by Gasteiger charge is -2.15. The van der Waals surface area contributed by atoms with Crippen LogP contribution in [0, 0.1) is 0 Å². The molecular formula is C35H32Cl2N6O4. The fourth-order valence-corrected chi connectivity index (χ4v) is 6.29. The van der Waals surface area contributed by atoms with Gasteiger partial charge < -0.3 is 25.8 Å². The topological polar surface area (TPSA) is 138 Å². The van der Waals surface area contributed by atoms with Gasteiger partial charge in [0.2, 0.25) is 11.8 Å². The Hall–Kier alpha value is -4.61. The molecule has 0 radical (unpaired) electrons. The molecule has 6 rings (SSSR count). The molecule has 12 heteroatoms. The first-order valence-corrected chi connectivity index (χ1v) is 15.9. The molecule has 3 aromatic heterocycles. The van der Waals surface area contributed by atoms with E-state index >= 15 is 0 Å². The summed E-state index contributed by atoms with van der Waals surface area (Å²) in [5.41, 5.74) is 6.77. The van der Waals surface area contributed by atoms with E-state index in [4.69, 9.17) is 38.0 Å². The average Bonchev–Trinajstić information content (AvgIpc) is 3.49. The summed E-state index contributed by atoms with van der Waals surface area (Å²) in [5, 5.41) is 19.9. The molecule has 47 heavy (non-hydrogen) atoms. The number of hydrogen-bond acceptors (Lipinski definition) is 8. The van der Waals surface area contributed by atoms with Crippen molar-refractivity contribution in [3.05, 3.63) is 94.2 Å². The quantitative estimate of drug-likeness (QED) is 0.128. The van der Waals surface area contributed by atoms with Crippen LogP contribution in [0.15, 0.2) is 73.1 Å². The minimum atomic E-state index is -0.916. The van der Waals surface area contributed by atoms with Gasteiger partial charge in [-0.05, 0) is 30.2 Å². The molecule has 5 aromatic rings. The van der Waals surface area contributed by atoms with Crippen LogP contribution in [0.25, 0.3) is 44.5 Å². The first-order chi connectivity index (χ1) is 22.8. The fraction of sp³-hybridized carbons (Fsp3) is 0.229. The molecule has 1 aliphatic rings. The first kappa shape index (κ1) is 32.3. The number of methoxy groups -OCH3 is 1. The minimum absolute atomic E-state index is 0.0932. The van der Waals surface area contributed by atoms with Gasteiger partial charge in [-0.25, -0.2) is 4.98 Å². The summed E-state index contributed by atoms with van der Waals surface area (Å²) in [4.78, 5) is 36.3. The van der Waals surface area contributed by atoms with Crippen LogP contribution in [-0.4, -0.2) is 58.2 Å². The van der Waals surface area contributed by atoms with E-state index in [0.717, 1.165) is 50.7 Å². The second-order valence-electron chi connectivity index (χ2n) is 11.2. The minimum Gasteiger partial charge on any atom is -0.481 e. The standard InChI is InChI=1S/C35H32Cl2N6O4/c1-47-35-21(16-39-18-23-9-11-31(44)42-23)8-10-28(43-35)26-6-2-4-24(33(26)36)25-5-3-7-27(34(25)37)30-13-29-22(17-41-30)12-20(15-40-29)14-38-19-32(45)46/h2-8,10,12-13,15,17,23,38-39H,9,11,14,16,18-19H2,1H3,(H,42,44)(H,45,46)/t23-/m1/s1. The molecule has 10 nitrogen and oxygen atoms in total. The SMILES string of the molecule is COc1nc(-c2cccc(-c3cccc(-c4cc5ncc(CNCC(=O)O)cc5cn4)c3Cl)c2Cl)ccc1CNC[C@H]1CCC(=O)N1. The predicted molar refractivity (Wildman–Crippen MR) is 182 cm³/mol. The van der Waals surface area contributed by atoms with Crippen molar-refractivity contribution in [1.29, 1.82) is 0 Å². The number of nitrogens with one attached hydrogen (secondary N) is 3. The van der Waals surface area contributed by atoms with Crippen LogP contribution in [0.1, 0.15) is 24.0 Å². The van der Waals surface area contributed by atoms with E-state index in [-0.39, 0.29) is 18.5 Å². The number of rotatable bonds is 12. The van der Waals surface area contributed by atoms with Gasteiger partial charge in [-0.15, -0.1) is 0 Å². The molecule has 0 saturated carbocycles. The highest BCUT2D eigenvalue weighted by Gasteiger charge is 2.21. The zero-order chi connectivity index (χ0) is 32.9. The van der Waals surface area contributed by atoms with Gasteiger partial charge >= 0.3 is 5.97 Å². The van der Waals surface area contributed by atoms with E-state index < -0.39 is 5.97 Å². The van der Waals surface area contributed by atoms with Gasteiger partial charge in [-0.2, -0.15) is 0 Å². The average molecular weight is 672 g/mol. The van der Waals surface area contributed by atoms with Crippen molar-refractivity contribution in [1.82, 2.24) is 30.9 Å². The Balaban J connectivity index is 1.24. The fourth-order valence-electron chi connectivity index (χ4n) is 5.64. The number of pyridine rings is 3. The molecule has 240 valence electrons. The Morgan fingerprint density at radius 2 is 1.66 bits per heavy atom. The smallest absolute Gasteiger partial charge is 0.317 e. The van der Waals surface area contributed by atoms with E-state index in [1.165, 1.54) is 0 Å². The highest BCUT2D eigenvalue weighted by atomic mass is 35.5. The van der Waals surface area contributed by atoms with Crippen molar-refractivity contribution >= 4 is 46.0 Å². The number of aromatic nitrogens is 3. The highest BCUT2D eigenvalue weighted by molar-refractivity contribution is 6.39. The highest BCUT2D eigenvalue weighted by Crippen LogP contribution is 2.42. The van der Waals surface area contributed by atoms with Crippen molar-refractivity contribution in [2.24, 2.45) is 0 Å². The number of carbonyl (C=O) groups is 2. The number of ether oxygens (including phenoxy) is 1. The van der Waals surface area contributed by atoms with Crippen LogP contribution in [0.4, 0.5) is 0 Å². The van der Waals surface area contributed by atoms with Gasteiger partial charge in [0.15, 0.2) is 0 Å². The maximum Gasteiger partial charge on any atom is 0.317 e. The maximum absolute atomic E-state index is 11.5. The molecule has 0 bridgehead atoms. The lowest BCUT2D eigenvalue weighted by Crippen LogP contribution is -2.35. The van der Waals surface area contributed by atoms with E-state index in [1.807, 2.05) is 60.7 Å². The summed E-state index contributed by atoms with van der Waals surface area (Å²) in [6, 6.07) is 19.3. The Bertz CT molecular complexity index is 1970. The number of halogens is 2. The van der Waals surface area contributed by atoms with Crippen LogP contribution in [0.2, 0.25) is 10.0 Å². The molecule has 1 fully saturated rings. The van der Waals surface area contributed by atoms with Crippen molar-refractivity contribution in [3.8, 4) is 39.5 Å². The number of aliphatic carboxylic acids is 1. The number of amides is 1. The Kier molecular flexibility index (Phi) is 9.93. The second kappa shape index (κ2) is 14.4. The monoisotopic (exact) mass is 670 g/mol. The lowest BCUT2D eigenvalue weighted by molar-refractivity contribution is -0.136. The third-order valence-corrected chi connectivity index (χ3v) is 8.81. The number of nitrogens with zero attached hydrogens (tertiary/aromatic N) is 3. The molecule has 0 aliphatic carbocycles. The summed E-state index contributed by atoms with van der Waals surface area (Å²) in [6.45, 7) is 1.47. The molecule has 1 aliphatic heterocycles. The van der Waals surface area contributed by atoms with Gasteiger partial charge in [-0.3, -0.25) is 19.6 Å². The van der Waals surface area contributed by atoms with E-state index in [9.17, 15) is 9.59 Å². The third kappa shape index (κ3) is 7.36. The van der Waals surface area contributed by atoms with Crippen LogP contribution in [0.3, 0.4) is 0 Å². The van der Waals surface area contributed by atoms with Gasteiger partial charge in [-0.1, -0.05) is 65.7 Å². The zero-order valence-electron chi connectivity index (χ0n) is 25.5. The molecular weight excluding hydrogens is 639 g/mol. The van der Waals surface area contributed by atoms with E-state index in [0.29, 0.717) is 53.4 Å². The molecule has 0 unspecified atom stereocenters. The van der Waals surface area contributed by atoms with E-state index in [2.05, 4.69) is 25.9 Å². The zero-order valence-corrected chi connectivity index (χ0v) is 27.0. The van der Waals surface area contributed by atoms with Crippen molar-refractivity contribution in [2.75, 3.05) is 20.2 Å². The van der Waals surface area contributed by atoms with Crippen LogP contribution >= 0.6 is 23.2 Å². The van der Waals surface area contributed by atoms with Crippen LogP contribution in [-0.2, 0) is 22.7 Å². The number of carbonyl (C=O) groups excluding carboxylic acids is 1. The lowest BCUT2D eigenvalue weighted by atomic mass is 9.98. The summed E-state index contributed by atoms with van der Waals surface area (Å²) in [7, 11) is 1.59. The molecule has 4 N–H and O–H groups in total. The molecule has 0 spiro atoms. The third-order valence-electron chi connectivity index (χ3n) is 7.99. The normalized spacial score (nSPS) is 14.4. The summed E-state index contributed by atoms with van der Waals surface area (Å²) >= 11 is 14.1. The van der Waals surface area contributed by atoms with Crippen molar-refractivity contribution in [2.45, 2.75) is 32.0 Å². The van der Waals surface area contributed by atoms with Gasteiger partial charge in [0, 0.05) is 77.7 Å². The van der Waals surface area contributed by atoms with Gasteiger partial charge in [0.25, 0.3) is 0 Å². The summed E-state index contributed by atoms with van der Waals surface area (Å²) in [5.74, 6) is -0.331. The van der Waals surface area contributed by atoms with Crippen LogP contribution < -0.4 is 20.7 Å². The molecule has 1 saturated heterocycles. The number of fused-ring (bicyclic) bond motifs is 1. The largest absolute Gasteiger partial charge is 0.481 e. The van der Waals surface area contributed by atoms with Gasteiger partial charge in [0.05, 0.1) is 40.6 Å². The first-order valence-electron chi connectivity index (χ1n) is 15.1. The molecule has 4 heterocycles. The number of carboxylic acid groups (broad SMARTS) is 1. The summed E-state index contributed by atoms with van der Waals surface area (Å²) < 4.78 is 5.63. The van der Waals surface area contributed by atoms with Crippen molar-refractivity contribution < 1.29 is 19.4 Å². The van der Waals surface area contributed by atoms with Gasteiger partial charge in [0.1, 0.15) is 0 Å². The Morgan fingerprint density at radius 1 is 0.936 bits per heavy atom. The molecule has 1 amide bonds. The number of carboxylic acids is 1. The van der Waals surface area contributed by atoms with Crippen molar-refractivity contribution in [3.63, 3.8) is 0 Å². The van der Waals surface area contributed by atoms with E-state index in [1.54, 1.807) is 19.5 Å². The van der Waals surface area contributed by atoms with Crippen LogP contribution in [0.5, 0.6) is 5.88 Å². The number of hydrogen-bond donors (Lipinski definition) is 4. The predicted octanol–water partition coefficient (Wildman–Crippen LogP) is 5.88. The molecule has 1 atom stereocenters. The Labute approximate surface area is 281 Å². The Morgan fingerprint density at radius 3 is 2.34 bits per heavy atom. The molecule has 2 aromatic carbocycles.